The number of benzene rings is 2. The Balaban J connectivity index is 2.00. The van der Waals surface area contributed by atoms with Gasteiger partial charge in [-0.3, -0.25) is 9.59 Å². The minimum absolute atomic E-state index is 0.260. The molecule has 0 radical (unpaired) electrons. The van der Waals surface area contributed by atoms with Gasteiger partial charge >= 0.3 is 0 Å². The van der Waals surface area contributed by atoms with Crippen LogP contribution in [0.4, 0.5) is 4.39 Å². The van der Waals surface area contributed by atoms with Gasteiger partial charge < -0.3 is 10.6 Å². The number of amides is 2. The molecule has 1 atom stereocenters. The van der Waals surface area contributed by atoms with Crippen LogP contribution >= 0.6 is 27.7 Å². The third-order valence-corrected chi connectivity index (χ3v) is 5.07. The van der Waals surface area contributed by atoms with Gasteiger partial charge in [-0.1, -0.05) is 24.3 Å². The molecule has 2 amide bonds. The van der Waals surface area contributed by atoms with Crippen LogP contribution < -0.4 is 10.6 Å². The second kappa shape index (κ2) is 10.3. The van der Waals surface area contributed by atoms with Crippen LogP contribution in [0.1, 0.15) is 22.3 Å². The molecule has 0 fully saturated rings. The topological polar surface area (TPSA) is 58.2 Å². The fraction of sp³-hybridized carbons (Fsp3) is 0.263. The van der Waals surface area contributed by atoms with Gasteiger partial charge in [0.05, 0.1) is 5.56 Å². The van der Waals surface area contributed by atoms with Gasteiger partial charge in [-0.25, -0.2) is 4.39 Å². The number of hydrogen-bond donors (Lipinski definition) is 2. The normalized spacial score (nSPS) is 11.7. The second-order valence-electron chi connectivity index (χ2n) is 5.63. The van der Waals surface area contributed by atoms with Gasteiger partial charge in [0, 0.05) is 11.0 Å². The summed E-state index contributed by atoms with van der Waals surface area (Å²) in [5, 5.41) is 5.60. The summed E-state index contributed by atoms with van der Waals surface area (Å²) >= 11 is 4.95. The zero-order valence-electron chi connectivity index (χ0n) is 14.3. The number of hydrogen-bond acceptors (Lipinski definition) is 3. The van der Waals surface area contributed by atoms with Gasteiger partial charge in [0.25, 0.3) is 5.91 Å². The average Bonchev–Trinajstić information content (AvgIpc) is 2.64. The van der Waals surface area contributed by atoms with Gasteiger partial charge in [-0.05, 0) is 64.2 Å². The Bertz CT molecular complexity index is 755. The Labute approximate surface area is 165 Å². The highest BCUT2D eigenvalue weighted by Gasteiger charge is 2.21. The molecule has 0 saturated heterocycles. The second-order valence-corrected chi connectivity index (χ2v) is 7.47. The Kier molecular flexibility index (Phi) is 8.12. The summed E-state index contributed by atoms with van der Waals surface area (Å²) < 4.78 is 13.6. The molecule has 2 rings (SSSR count). The first-order chi connectivity index (χ1) is 12.5. The number of rotatable bonds is 8. The maximum Gasteiger partial charge on any atom is 0.253 e. The molecule has 0 aromatic heterocycles. The van der Waals surface area contributed by atoms with Crippen molar-refractivity contribution in [1.29, 1.82) is 0 Å². The maximum atomic E-state index is 12.9. The summed E-state index contributed by atoms with van der Waals surface area (Å²) in [6.45, 7) is 0.278. The highest BCUT2D eigenvalue weighted by Crippen LogP contribution is 2.16. The van der Waals surface area contributed by atoms with E-state index in [1.807, 2.05) is 12.3 Å². The summed E-state index contributed by atoms with van der Waals surface area (Å²) in [5.41, 5.74) is 1.27. The Morgan fingerprint density at radius 3 is 2.50 bits per heavy atom. The summed E-state index contributed by atoms with van der Waals surface area (Å²) in [6, 6.07) is 12.4. The fourth-order valence-electron chi connectivity index (χ4n) is 2.30. The van der Waals surface area contributed by atoms with Crippen LogP contribution in [0.25, 0.3) is 0 Å². The first kappa shape index (κ1) is 20.5. The molecule has 138 valence electrons. The van der Waals surface area contributed by atoms with E-state index >= 15 is 0 Å². The number of halogens is 2. The third kappa shape index (κ3) is 6.14. The van der Waals surface area contributed by atoms with E-state index in [1.54, 1.807) is 42.1 Å². The van der Waals surface area contributed by atoms with Crippen molar-refractivity contribution in [3.63, 3.8) is 0 Å². The SMILES string of the molecule is CSCC[C@@H](NC(=O)c1ccccc1Br)C(=O)NCc1ccc(F)cc1. The van der Waals surface area contributed by atoms with Crippen molar-refractivity contribution < 1.29 is 14.0 Å². The van der Waals surface area contributed by atoms with Crippen molar-refractivity contribution in [2.75, 3.05) is 12.0 Å². The van der Waals surface area contributed by atoms with Crippen molar-refractivity contribution in [3.8, 4) is 0 Å². The quantitative estimate of drug-likeness (QED) is 0.659. The van der Waals surface area contributed by atoms with Crippen LogP contribution in [0.5, 0.6) is 0 Å². The molecule has 0 bridgehead atoms. The molecule has 26 heavy (non-hydrogen) atoms. The number of carbonyl (C=O) groups is 2. The molecule has 0 aliphatic rings. The Morgan fingerprint density at radius 1 is 1.15 bits per heavy atom. The zero-order chi connectivity index (χ0) is 18.9. The number of carbonyl (C=O) groups excluding carboxylic acids is 2. The van der Waals surface area contributed by atoms with Crippen LogP contribution in [0.3, 0.4) is 0 Å². The largest absolute Gasteiger partial charge is 0.350 e. The molecular formula is C19H20BrFN2O2S. The van der Waals surface area contributed by atoms with E-state index < -0.39 is 6.04 Å². The summed E-state index contributed by atoms with van der Waals surface area (Å²) in [6.07, 6.45) is 2.47. The Hall–Kier alpha value is -1.86. The predicted molar refractivity (Wildman–Crippen MR) is 107 cm³/mol. The van der Waals surface area contributed by atoms with Gasteiger partial charge in [0.15, 0.2) is 0 Å². The lowest BCUT2D eigenvalue weighted by molar-refractivity contribution is -0.123. The van der Waals surface area contributed by atoms with E-state index in [0.717, 1.165) is 11.3 Å². The van der Waals surface area contributed by atoms with Crippen LogP contribution in [-0.2, 0) is 11.3 Å². The number of nitrogens with one attached hydrogen (secondary N) is 2. The van der Waals surface area contributed by atoms with Crippen LogP contribution in [0, 0.1) is 5.82 Å². The molecule has 2 aromatic carbocycles. The van der Waals surface area contributed by atoms with E-state index in [4.69, 9.17) is 0 Å². The predicted octanol–water partition coefficient (Wildman–Crippen LogP) is 3.76. The van der Waals surface area contributed by atoms with Crippen molar-refractivity contribution in [2.45, 2.75) is 19.0 Å². The van der Waals surface area contributed by atoms with E-state index in [-0.39, 0.29) is 24.2 Å². The van der Waals surface area contributed by atoms with Gasteiger partial charge in [-0.2, -0.15) is 11.8 Å². The molecule has 0 saturated carbocycles. The van der Waals surface area contributed by atoms with Crippen molar-refractivity contribution in [1.82, 2.24) is 10.6 Å². The molecule has 0 heterocycles. The molecule has 4 nitrogen and oxygen atoms in total. The molecule has 0 spiro atoms. The van der Waals surface area contributed by atoms with Gasteiger partial charge in [-0.15, -0.1) is 0 Å². The monoisotopic (exact) mass is 438 g/mol. The minimum Gasteiger partial charge on any atom is -0.350 e. The smallest absolute Gasteiger partial charge is 0.253 e. The third-order valence-electron chi connectivity index (χ3n) is 3.73. The highest BCUT2D eigenvalue weighted by atomic mass is 79.9. The lowest BCUT2D eigenvalue weighted by atomic mass is 10.1. The first-order valence-electron chi connectivity index (χ1n) is 8.07. The molecule has 0 unspecified atom stereocenters. The van der Waals surface area contributed by atoms with Crippen molar-refractivity contribution >= 4 is 39.5 Å². The maximum absolute atomic E-state index is 12.9. The van der Waals surface area contributed by atoms with Crippen LogP contribution in [0.15, 0.2) is 53.0 Å². The molecule has 0 aliphatic heterocycles. The van der Waals surface area contributed by atoms with E-state index in [0.29, 0.717) is 16.5 Å². The van der Waals surface area contributed by atoms with Gasteiger partial charge in [0.2, 0.25) is 5.91 Å². The average molecular weight is 439 g/mol. The molecule has 2 N–H and O–H groups in total. The molecule has 0 aliphatic carbocycles. The van der Waals surface area contributed by atoms with Gasteiger partial charge in [0.1, 0.15) is 11.9 Å². The fourth-order valence-corrected chi connectivity index (χ4v) is 3.24. The molecule has 2 aromatic rings. The molecule has 7 heteroatoms. The lowest BCUT2D eigenvalue weighted by Gasteiger charge is -2.18. The van der Waals surface area contributed by atoms with Crippen molar-refractivity contribution in [2.24, 2.45) is 0 Å². The lowest BCUT2D eigenvalue weighted by Crippen LogP contribution is -2.47. The highest BCUT2D eigenvalue weighted by molar-refractivity contribution is 9.10. The minimum atomic E-state index is -0.637. The zero-order valence-corrected chi connectivity index (χ0v) is 16.7. The summed E-state index contributed by atoms with van der Waals surface area (Å²) in [7, 11) is 0. The summed E-state index contributed by atoms with van der Waals surface area (Å²) in [5.74, 6) is -0.145. The standard InChI is InChI=1S/C19H20BrFN2O2S/c1-26-11-10-17(23-18(24)15-4-2-3-5-16(15)20)19(25)22-12-13-6-8-14(21)9-7-13/h2-9,17H,10-12H2,1H3,(H,22,25)(H,23,24)/t17-/m1/s1. The van der Waals surface area contributed by atoms with Crippen molar-refractivity contribution in [3.05, 3.63) is 69.9 Å². The van der Waals surface area contributed by atoms with E-state index in [2.05, 4.69) is 26.6 Å². The molecular weight excluding hydrogens is 419 g/mol. The number of thioether (sulfide) groups is 1. The van der Waals surface area contributed by atoms with E-state index in [1.165, 1.54) is 12.1 Å². The Morgan fingerprint density at radius 2 is 1.85 bits per heavy atom. The first-order valence-corrected chi connectivity index (χ1v) is 10.3. The van der Waals surface area contributed by atoms with E-state index in [9.17, 15) is 14.0 Å². The van der Waals surface area contributed by atoms with Crippen LogP contribution in [-0.4, -0.2) is 29.9 Å². The summed E-state index contributed by atoms with van der Waals surface area (Å²) in [4.78, 5) is 25.0. The van der Waals surface area contributed by atoms with Crippen LogP contribution in [0.2, 0.25) is 0 Å².